The van der Waals surface area contributed by atoms with Gasteiger partial charge in [-0.05, 0) is 62.3 Å². The highest BCUT2D eigenvalue weighted by atomic mass is 16.7. The van der Waals surface area contributed by atoms with Gasteiger partial charge in [0.2, 0.25) is 0 Å². The van der Waals surface area contributed by atoms with Crippen molar-refractivity contribution in [3.05, 3.63) is 0 Å². The highest BCUT2D eigenvalue weighted by Gasteiger charge is 2.62. The predicted octanol–water partition coefficient (Wildman–Crippen LogP) is 3.03. The smallest absolute Gasteiger partial charge is 0.459 e. The van der Waals surface area contributed by atoms with E-state index in [1.807, 2.05) is 55.4 Å². The Bertz CT molecular complexity index is 449. The number of carbonyl (C=O) groups is 1. The van der Waals surface area contributed by atoms with Crippen LogP contribution in [0.2, 0.25) is 5.72 Å². The van der Waals surface area contributed by atoms with Crippen molar-refractivity contribution in [2.45, 2.75) is 96.9 Å². The molecule has 0 spiro atoms. The molecule has 0 bridgehead atoms. The highest BCUT2D eigenvalue weighted by Crippen LogP contribution is 2.46. The topological polar surface area (TPSA) is 63.2 Å². The molecule has 0 aromatic carbocycles. The molecule has 0 aromatic rings. The standard InChI is InChI=1S/C17H32B2O6/c1-10-21-13(20)11-12(18-22-14(2,3)15(4,5)23-18)19-24-16(6,7)17(8,9)25-19/h12H,10-11H2,1-9H3. The van der Waals surface area contributed by atoms with E-state index in [4.69, 9.17) is 23.4 Å². The van der Waals surface area contributed by atoms with Crippen LogP contribution in [0.4, 0.5) is 0 Å². The van der Waals surface area contributed by atoms with Crippen molar-refractivity contribution in [3.8, 4) is 0 Å². The number of carbonyl (C=O) groups excluding carboxylic acids is 1. The Labute approximate surface area is 152 Å². The van der Waals surface area contributed by atoms with Gasteiger partial charge in [0.15, 0.2) is 0 Å². The summed E-state index contributed by atoms with van der Waals surface area (Å²) in [7, 11) is -1.21. The minimum atomic E-state index is -0.607. The number of rotatable bonds is 5. The Hall–Kier alpha value is -0.560. The van der Waals surface area contributed by atoms with Gasteiger partial charge in [0.05, 0.1) is 29.0 Å². The summed E-state index contributed by atoms with van der Waals surface area (Å²) in [5, 5.41) is 0. The van der Waals surface area contributed by atoms with Crippen molar-refractivity contribution in [3.63, 3.8) is 0 Å². The molecule has 6 nitrogen and oxygen atoms in total. The fourth-order valence-corrected chi connectivity index (χ4v) is 2.86. The van der Waals surface area contributed by atoms with Crippen LogP contribution in [0.1, 0.15) is 68.7 Å². The minimum Gasteiger partial charge on any atom is -0.466 e. The Balaban J connectivity index is 2.25. The molecule has 142 valence electrons. The lowest BCUT2D eigenvalue weighted by molar-refractivity contribution is -0.143. The van der Waals surface area contributed by atoms with Gasteiger partial charge in [0.25, 0.3) is 0 Å². The van der Waals surface area contributed by atoms with E-state index in [1.165, 1.54) is 0 Å². The van der Waals surface area contributed by atoms with Crippen LogP contribution in [-0.4, -0.2) is 49.2 Å². The van der Waals surface area contributed by atoms with Gasteiger partial charge in [0.1, 0.15) is 0 Å². The third-order valence-corrected chi connectivity index (χ3v) is 5.95. The number of esters is 1. The molecule has 0 atom stereocenters. The fourth-order valence-electron chi connectivity index (χ4n) is 2.86. The second kappa shape index (κ2) is 6.55. The lowest BCUT2D eigenvalue weighted by atomic mass is 9.50. The molecule has 2 fully saturated rings. The first kappa shape index (κ1) is 20.7. The van der Waals surface area contributed by atoms with Gasteiger partial charge in [-0.3, -0.25) is 4.79 Å². The molecule has 2 aliphatic heterocycles. The van der Waals surface area contributed by atoms with Crippen LogP contribution in [-0.2, 0) is 28.1 Å². The molecular formula is C17H32B2O6. The fraction of sp³-hybridized carbons (Fsp3) is 0.941. The summed E-state index contributed by atoms with van der Waals surface area (Å²) in [6.45, 7) is 18.0. The van der Waals surface area contributed by atoms with E-state index >= 15 is 0 Å². The maximum atomic E-state index is 12.2. The van der Waals surface area contributed by atoms with Crippen molar-refractivity contribution in [1.29, 1.82) is 0 Å². The van der Waals surface area contributed by atoms with Crippen molar-refractivity contribution in [2.24, 2.45) is 0 Å². The van der Waals surface area contributed by atoms with Crippen molar-refractivity contribution in [2.75, 3.05) is 6.61 Å². The SMILES string of the molecule is CCOC(=O)CC(B1OC(C)(C)C(C)(C)O1)B1OC(C)(C)C(C)(C)O1. The summed E-state index contributed by atoms with van der Waals surface area (Å²) < 4.78 is 29.8. The molecule has 0 aromatic heterocycles. The molecule has 2 saturated heterocycles. The average Bonchev–Trinajstić information content (AvgIpc) is 2.76. The summed E-state index contributed by atoms with van der Waals surface area (Å²) in [5.41, 5.74) is -2.38. The first-order valence-corrected chi connectivity index (χ1v) is 9.09. The van der Waals surface area contributed by atoms with Crippen LogP contribution in [0.15, 0.2) is 0 Å². The predicted molar refractivity (Wildman–Crippen MR) is 97.2 cm³/mol. The van der Waals surface area contributed by atoms with Gasteiger partial charge in [-0.15, -0.1) is 0 Å². The zero-order chi connectivity index (χ0) is 19.3. The maximum Gasteiger partial charge on any atom is 0.459 e. The zero-order valence-electron chi connectivity index (χ0n) is 17.1. The van der Waals surface area contributed by atoms with Crippen molar-refractivity contribution in [1.82, 2.24) is 0 Å². The minimum absolute atomic E-state index is 0.113. The van der Waals surface area contributed by atoms with E-state index in [0.29, 0.717) is 6.61 Å². The van der Waals surface area contributed by atoms with E-state index in [-0.39, 0.29) is 12.4 Å². The maximum absolute atomic E-state index is 12.2. The zero-order valence-corrected chi connectivity index (χ0v) is 17.1. The van der Waals surface area contributed by atoms with Crippen LogP contribution < -0.4 is 0 Å². The molecule has 2 rings (SSSR count). The third-order valence-electron chi connectivity index (χ3n) is 5.95. The third kappa shape index (κ3) is 3.92. The van der Waals surface area contributed by atoms with Crippen LogP contribution in [0.25, 0.3) is 0 Å². The van der Waals surface area contributed by atoms with Gasteiger partial charge < -0.3 is 23.4 Å². The molecule has 0 N–H and O–H groups in total. The van der Waals surface area contributed by atoms with Crippen LogP contribution >= 0.6 is 0 Å². The van der Waals surface area contributed by atoms with Crippen molar-refractivity contribution < 1.29 is 28.1 Å². The molecule has 0 radical (unpaired) electrons. The van der Waals surface area contributed by atoms with Crippen LogP contribution in [0.5, 0.6) is 0 Å². The number of hydrogen-bond acceptors (Lipinski definition) is 6. The lowest BCUT2D eigenvalue weighted by Crippen LogP contribution is -2.41. The molecule has 0 unspecified atom stereocenters. The first-order valence-electron chi connectivity index (χ1n) is 9.09. The molecule has 0 saturated carbocycles. The van der Waals surface area contributed by atoms with Crippen LogP contribution in [0.3, 0.4) is 0 Å². The molecule has 25 heavy (non-hydrogen) atoms. The number of ether oxygens (including phenoxy) is 1. The molecule has 2 heterocycles. The van der Waals surface area contributed by atoms with Gasteiger partial charge in [-0.2, -0.15) is 0 Å². The van der Waals surface area contributed by atoms with Gasteiger partial charge >= 0.3 is 20.2 Å². The summed E-state index contributed by atoms with van der Waals surface area (Å²) in [6, 6.07) is 0. The summed E-state index contributed by atoms with van der Waals surface area (Å²) in [4.78, 5) is 12.2. The highest BCUT2D eigenvalue weighted by molar-refractivity contribution is 6.68. The van der Waals surface area contributed by atoms with Crippen molar-refractivity contribution >= 4 is 20.2 Å². The molecule has 0 amide bonds. The molecule has 0 aliphatic carbocycles. The summed E-state index contributed by atoms with van der Waals surface area (Å²) in [6.07, 6.45) is 0.113. The second-order valence-electron chi connectivity index (χ2n) is 8.92. The summed E-state index contributed by atoms with van der Waals surface area (Å²) in [5.74, 6) is -0.308. The summed E-state index contributed by atoms with van der Waals surface area (Å²) >= 11 is 0. The number of hydrogen-bond donors (Lipinski definition) is 0. The Morgan fingerprint density at radius 1 is 0.800 bits per heavy atom. The van der Waals surface area contributed by atoms with E-state index in [2.05, 4.69) is 0 Å². The van der Waals surface area contributed by atoms with Gasteiger partial charge in [-0.1, -0.05) is 0 Å². The van der Waals surface area contributed by atoms with Crippen LogP contribution in [0, 0.1) is 0 Å². The lowest BCUT2D eigenvalue weighted by Gasteiger charge is -2.32. The molecule has 2 aliphatic rings. The van der Waals surface area contributed by atoms with E-state index < -0.39 is 42.4 Å². The molecular weight excluding hydrogens is 322 g/mol. The van der Waals surface area contributed by atoms with Gasteiger partial charge in [-0.25, -0.2) is 0 Å². The average molecular weight is 354 g/mol. The Morgan fingerprint density at radius 3 is 1.40 bits per heavy atom. The monoisotopic (exact) mass is 354 g/mol. The molecule has 8 heteroatoms. The largest absolute Gasteiger partial charge is 0.466 e. The Morgan fingerprint density at radius 2 is 1.12 bits per heavy atom. The normalized spacial score (nSPS) is 26.3. The second-order valence-corrected chi connectivity index (χ2v) is 8.92. The van der Waals surface area contributed by atoms with E-state index in [0.717, 1.165) is 0 Å². The van der Waals surface area contributed by atoms with Gasteiger partial charge in [0, 0.05) is 12.1 Å². The quantitative estimate of drug-likeness (QED) is 0.559. The van der Waals surface area contributed by atoms with E-state index in [9.17, 15) is 4.79 Å². The van der Waals surface area contributed by atoms with E-state index in [1.54, 1.807) is 6.92 Å². The first-order chi connectivity index (χ1) is 11.2. The Kier molecular flexibility index (Phi) is 5.44.